The molecule has 5 heteroatoms. The first-order chi connectivity index (χ1) is 11.4. The zero-order valence-electron chi connectivity index (χ0n) is 14.3. The minimum Gasteiger partial charge on any atom is -0.497 e. The highest BCUT2D eigenvalue weighted by molar-refractivity contribution is 5.95. The summed E-state index contributed by atoms with van der Waals surface area (Å²) < 4.78 is 23.5. The third-order valence-electron chi connectivity index (χ3n) is 3.80. The van der Waals surface area contributed by atoms with Gasteiger partial charge in [0.1, 0.15) is 17.3 Å². The molecular formula is C19H22FNO3. The monoisotopic (exact) mass is 331 g/mol. The van der Waals surface area contributed by atoms with Crippen molar-refractivity contribution in [1.82, 2.24) is 5.32 Å². The van der Waals surface area contributed by atoms with E-state index in [9.17, 15) is 9.18 Å². The summed E-state index contributed by atoms with van der Waals surface area (Å²) >= 11 is 0. The number of benzene rings is 2. The largest absolute Gasteiger partial charge is 0.497 e. The highest BCUT2D eigenvalue weighted by Gasteiger charge is 2.20. The van der Waals surface area contributed by atoms with Crippen molar-refractivity contribution >= 4 is 5.91 Å². The van der Waals surface area contributed by atoms with Crippen LogP contribution in [0.25, 0.3) is 0 Å². The van der Waals surface area contributed by atoms with Gasteiger partial charge in [0.2, 0.25) is 0 Å². The van der Waals surface area contributed by atoms with Crippen LogP contribution in [-0.4, -0.2) is 20.1 Å². The Labute approximate surface area is 141 Å². The van der Waals surface area contributed by atoms with Crippen LogP contribution in [0.3, 0.4) is 0 Å². The van der Waals surface area contributed by atoms with Gasteiger partial charge in [-0.25, -0.2) is 4.39 Å². The summed E-state index contributed by atoms with van der Waals surface area (Å²) in [5.41, 5.74) is 1.30. The summed E-state index contributed by atoms with van der Waals surface area (Å²) in [4.78, 5) is 12.6. The van der Waals surface area contributed by atoms with Gasteiger partial charge in [0.25, 0.3) is 5.91 Å². The minimum absolute atomic E-state index is 0.145. The average Bonchev–Trinajstić information content (AvgIpc) is 2.59. The van der Waals surface area contributed by atoms with Crippen molar-refractivity contribution < 1.29 is 18.7 Å². The van der Waals surface area contributed by atoms with Gasteiger partial charge in [-0.3, -0.25) is 4.79 Å². The van der Waals surface area contributed by atoms with Crippen molar-refractivity contribution in [3.63, 3.8) is 0 Å². The maximum absolute atomic E-state index is 13.1. The van der Waals surface area contributed by atoms with Gasteiger partial charge in [-0.2, -0.15) is 0 Å². The Kier molecular flexibility index (Phi) is 5.79. The van der Waals surface area contributed by atoms with E-state index in [1.807, 2.05) is 13.8 Å². The molecule has 0 aromatic heterocycles. The number of amides is 1. The second kappa shape index (κ2) is 7.81. The van der Waals surface area contributed by atoms with Crippen molar-refractivity contribution in [1.29, 1.82) is 0 Å². The second-order valence-electron chi connectivity index (χ2n) is 5.85. The molecule has 128 valence electrons. The second-order valence-corrected chi connectivity index (χ2v) is 5.85. The molecule has 0 saturated carbocycles. The van der Waals surface area contributed by atoms with E-state index in [1.54, 1.807) is 30.3 Å². The molecule has 1 amide bonds. The van der Waals surface area contributed by atoms with Crippen molar-refractivity contribution in [2.75, 3.05) is 14.2 Å². The molecule has 0 aliphatic heterocycles. The van der Waals surface area contributed by atoms with Gasteiger partial charge in [-0.1, -0.05) is 26.0 Å². The van der Waals surface area contributed by atoms with Crippen molar-refractivity contribution in [2.45, 2.75) is 19.9 Å². The molecule has 1 atom stereocenters. The molecule has 0 fully saturated rings. The maximum atomic E-state index is 13.1. The Hall–Kier alpha value is -2.56. The molecule has 0 aliphatic rings. The van der Waals surface area contributed by atoms with Crippen molar-refractivity contribution in [2.24, 2.45) is 5.92 Å². The number of hydrogen-bond donors (Lipinski definition) is 1. The summed E-state index contributed by atoms with van der Waals surface area (Å²) in [6.45, 7) is 4.00. The standard InChI is InChI=1S/C19H22FNO3/c1-12(2)18(13-5-7-15(20)8-6-13)21-19(22)14-9-16(23-3)11-17(10-14)24-4/h5-12,18H,1-4H3,(H,21,22)/t18-/m1/s1. The van der Waals surface area contributed by atoms with Crippen LogP contribution in [0.15, 0.2) is 42.5 Å². The third-order valence-corrected chi connectivity index (χ3v) is 3.80. The quantitative estimate of drug-likeness (QED) is 0.871. The molecule has 2 aromatic carbocycles. The van der Waals surface area contributed by atoms with Crippen LogP contribution >= 0.6 is 0 Å². The Bertz CT molecular complexity index is 676. The zero-order chi connectivity index (χ0) is 17.7. The lowest BCUT2D eigenvalue weighted by Crippen LogP contribution is -2.31. The summed E-state index contributed by atoms with van der Waals surface area (Å²) in [7, 11) is 3.07. The lowest BCUT2D eigenvalue weighted by atomic mass is 9.95. The minimum atomic E-state index is -0.301. The van der Waals surface area contributed by atoms with Crippen molar-refractivity contribution in [3.8, 4) is 11.5 Å². The van der Waals surface area contributed by atoms with Gasteiger partial charge < -0.3 is 14.8 Å². The van der Waals surface area contributed by atoms with E-state index < -0.39 is 0 Å². The van der Waals surface area contributed by atoms with E-state index in [1.165, 1.54) is 26.4 Å². The zero-order valence-corrected chi connectivity index (χ0v) is 14.3. The predicted octanol–water partition coefficient (Wildman–Crippen LogP) is 3.97. The highest BCUT2D eigenvalue weighted by Crippen LogP contribution is 2.25. The SMILES string of the molecule is COc1cc(OC)cc(C(=O)N[C@@H](c2ccc(F)cc2)C(C)C)c1. The molecule has 4 nitrogen and oxygen atoms in total. The fraction of sp³-hybridized carbons (Fsp3) is 0.316. The van der Waals surface area contributed by atoms with E-state index in [2.05, 4.69) is 5.32 Å². The number of nitrogens with one attached hydrogen (secondary N) is 1. The number of carbonyl (C=O) groups excluding carboxylic acids is 1. The van der Waals surface area contributed by atoms with Crippen LogP contribution in [-0.2, 0) is 0 Å². The molecular weight excluding hydrogens is 309 g/mol. The fourth-order valence-corrected chi connectivity index (χ4v) is 2.47. The Morgan fingerprint density at radius 2 is 1.54 bits per heavy atom. The molecule has 2 aromatic rings. The van der Waals surface area contributed by atoms with Gasteiger partial charge >= 0.3 is 0 Å². The fourth-order valence-electron chi connectivity index (χ4n) is 2.47. The summed E-state index contributed by atoms with van der Waals surface area (Å²) in [5, 5.41) is 3.00. The first-order valence-corrected chi connectivity index (χ1v) is 7.74. The molecule has 1 N–H and O–H groups in total. The van der Waals surface area contributed by atoms with Crippen molar-refractivity contribution in [3.05, 3.63) is 59.4 Å². The van der Waals surface area contributed by atoms with E-state index >= 15 is 0 Å². The maximum Gasteiger partial charge on any atom is 0.252 e. The molecule has 0 spiro atoms. The number of rotatable bonds is 6. The number of carbonyl (C=O) groups is 1. The molecule has 0 heterocycles. The number of methoxy groups -OCH3 is 2. The molecule has 0 radical (unpaired) electrons. The third kappa shape index (κ3) is 4.25. The van der Waals surface area contributed by atoms with Crippen LogP contribution in [0.1, 0.15) is 35.8 Å². The van der Waals surface area contributed by atoms with E-state index in [0.29, 0.717) is 17.1 Å². The molecule has 0 aliphatic carbocycles. The van der Waals surface area contributed by atoms with Crippen LogP contribution in [0, 0.1) is 11.7 Å². The average molecular weight is 331 g/mol. The normalized spacial score (nSPS) is 11.9. The number of hydrogen-bond acceptors (Lipinski definition) is 3. The topological polar surface area (TPSA) is 47.6 Å². The van der Waals surface area contributed by atoms with E-state index in [0.717, 1.165) is 5.56 Å². The number of halogens is 1. The molecule has 2 rings (SSSR count). The lowest BCUT2D eigenvalue weighted by molar-refractivity contribution is 0.0925. The van der Waals surface area contributed by atoms with Gasteiger partial charge in [0, 0.05) is 11.6 Å². The van der Waals surface area contributed by atoms with Crippen LogP contribution in [0.2, 0.25) is 0 Å². The molecule has 0 bridgehead atoms. The summed E-state index contributed by atoms with van der Waals surface area (Å²) in [6.07, 6.45) is 0. The van der Waals surface area contributed by atoms with Crippen LogP contribution in [0.5, 0.6) is 11.5 Å². The smallest absolute Gasteiger partial charge is 0.252 e. The van der Waals surface area contributed by atoms with Gasteiger partial charge in [-0.05, 0) is 35.7 Å². The Morgan fingerprint density at radius 1 is 1.00 bits per heavy atom. The molecule has 0 unspecified atom stereocenters. The van der Waals surface area contributed by atoms with Gasteiger partial charge in [-0.15, -0.1) is 0 Å². The van der Waals surface area contributed by atoms with E-state index in [-0.39, 0.29) is 23.7 Å². The Morgan fingerprint density at radius 3 is 2.00 bits per heavy atom. The van der Waals surface area contributed by atoms with E-state index in [4.69, 9.17) is 9.47 Å². The molecule has 0 saturated heterocycles. The van der Waals surface area contributed by atoms with Crippen LogP contribution in [0.4, 0.5) is 4.39 Å². The lowest BCUT2D eigenvalue weighted by Gasteiger charge is -2.23. The predicted molar refractivity (Wildman–Crippen MR) is 91.0 cm³/mol. The Balaban J connectivity index is 2.26. The van der Waals surface area contributed by atoms with Gasteiger partial charge in [0.05, 0.1) is 20.3 Å². The molecule has 24 heavy (non-hydrogen) atoms. The first kappa shape index (κ1) is 17.8. The first-order valence-electron chi connectivity index (χ1n) is 7.74. The summed E-state index contributed by atoms with van der Waals surface area (Å²) in [6, 6.07) is 10.9. The number of ether oxygens (including phenoxy) is 2. The highest BCUT2D eigenvalue weighted by atomic mass is 19.1. The van der Waals surface area contributed by atoms with Gasteiger partial charge in [0.15, 0.2) is 0 Å². The van der Waals surface area contributed by atoms with Crippen LogP contribution < -0.4 is 14.8 Å². The summed E-state index contributed by atoms with van der Waals surface area (Å²) in [5.74, 6) is 0.692.